The van der Waals surface area contributed by atoms with E-state index in [9.17, 15) is 0 Å². The Kier molecular flexibility index (Phi) is 5.65. The van der Waals surface area contributed by atoms with Gasteiger partial charge in [0.05, 0.1) is 6.04 Å². The van der Waals surface area contributed by atoms with Crippen LogP contribution >= 0.6 is 0 Å². The molecule has 4 rings (SSSR count). The number of likely N-dealkylation sites (N-methyl/N-ethyl adjacent to an activating group) is 1. The van der Waals surface area contributed by atoms with Crippen LogP contribution in [-0.2, 0) is 0 Å². The second-order valence-electron chi connectivity index (χ2n) is 8.80. The number of allylic oxidation sites excluding steroid dienone is 8. The number of hydrogen-bond acceptors (Lipinski definition) is 2. The van der Waals surface area contributed by atoms with Crippen molar-refractivity contribution in [2.75, 3.05) is 7.05 Å². The van der Waals surface area contributed by atoms with E-state index < -0.39 is 0 Å². The highest BCUT2D eigenvalue weighted by molar-refractivity contribution is 5.69. The summed E-state index contributed by atoms with van der Waals surface area (Å²) in [6, 6.07) is 11.4. The molecule has 2 unspecified atom stereocenters. The van der Waals surface area contributed by atoms with E-state index in [-0.39, 0.29) is 6.04 Å². The van der Waals surface area contributed by atoms with Crippen LogP contribution in [0, 0.1) is 0 Å². The highest BCUT2D eigenvalue weighted by Crippen LogP contribution is 2.51. The Hall–Kier alpha value is -2.32. The first-order valence-corrected chi connectivity index (χ1v) is 11.0. The molecule has 0 saturated carbocycles. The van der Waals surface area contributed by atoms with Crippen LogP contribution in [-0.4, -0.2) is 13.1 Å². The number of benzene rings is 1. The standard InChI is InChI=1S/C27H34N2/c1-17(2)20-15-10-16-23(28)18(3)24-21-13-8-9-14-22(21)27(29-4)26(24)25(20)19-11-6-5-7-12-19/h5-8,11-13,25,27,29H,9-10,14-16,28H2,1-4H3/b23-18+. The molecule has 0 aromatic heterocycles. The molecule has 0 amide bonds. The van der Waals surface area contributed by atoms with Gasteiger partial charge in [-0.3, -0.25) is 0 Å². The Balaban J connectivity index is 2.05. The van der Waals surface area contributed by atoms with E-state index in [1.807, 2.05) is 0 Å². The SMILES string of the molecule is CNC1C2=C(C=CCC2)C2=C1C(c1ccccc1)C(=C(C)C)CCC/C(N)=C\2C. The summed E-state index contributed by atoms with van der Waals surface area (Å²) in [7, 11) is 2.11. The third kappa shape index (κ3) is 3.44. The molecule has 0 aliphatic heterocycles. The second kappa shape index (κ2) is 8.20. The number of fused-ring (bicyclic) bond motifs is 1. The molecule has 3 aliphatic rings. The van der Waals surface area contributed by atoms with Crippen molar-refractivity contribution in [3.05, 3.63) is 92.8 Å². The van der Waals surface area contributed by atoms with Crippen LogP contribution in [0.5, 0.6) is 0 Å². The first kappa shape index (κ1) is 20.0. The average molecular weight is 387 g/mol. The minimum Gasteiger partial charge on any atom is -0.402 e. The van der Waals surface area contributed by atoms with Crippen molar-refractivity contribution in [3.8, 4) is 0 Å². The molecule has 0 saturated heterocycles. The number of nitrogens with two attached hydrogens (primary N) is 1. The molecule has 3 aliphatic carbocycles. The predicted octanol–water partition coefficient (Wildman–Crippen LogP) is 6.07. The highest BCUT2D eigenvalue weighted by atomic mass is 14.9. The molecule has 2 atom stereocenters. The number of hydrogen-bond donors (Lipinski definition) is 2. The molecule has 1 aromatic rings. The Morgan fingerprint density at radius 2 is 1.83 bits per heavy atom. The Bertz CT molecular complexity index is 950. The zero-order chi connectivity index (χ0) is 20.5. The van der Waals surface area contributed by atoms with Crippen LogP contribution in [0.15, 0.2) is 87.2 Å². The van der Waals surface area contributed by atoms with Gasteiger partial charge >= 0.3 is 0 Å². The van der Waals surface area contributed by atoms with Crippen molar-refractivity contribution in [2.24, 2.45) is 5.73 Å². The predicted molar refractivity (Wildman–Crippen MR) is 124 cm³/mol. The third-order valence-corrected chi connectivity index (χ3v) is 6.90. The van der Waals surface area contributed by atoms with Gasteiger partial charge in [0.2, 0.25) is 0 Å². The highest BCUT2D eigenvalue weighted by Gasteiger charge is 2.39. The lowest BCUT2D eigenvalue weighted by molar-refractivity contribution is 0.639. The van der Waals surface area contributed by atoms with Gasteiger partial charge in [0.25, 0.3) is 0 Å². The summed E-state index contributed by atoms with van der Waals surface area (Å²) in [6.45, 7) is 6.80. The van der Waals surface area contributed by atoms with Gasteiger partial charge < -0.3 is 11.1 Å². The van der Waals surface area contributed by atoms with Gasteiger partial charge in [0.15, 0.2) is 0 Å². The maximum absolute atomic E-state index is 6.65. The molecular weight excluding hydrogens is 352 g/mol. The van der Waals surface area contributed by atoms with Crippen LogP contribution in [0.2, 0.25) is 0 Å². The van der Waals surface area contributed by atoms with Crippen LogP contribution in [0.3, 0.4) is 0 Å². The lowest BCUT2D eigenvalue weighted by Crippen LogP contribution is -2.31. The quantitative estimate of drug-likeness (QED) is 0.606. The second-order valence-corrected chi connectivity index (χ2v) is 8.80. The van der Waals surface area contributed by atoms with Crippen LogP contribution < -0.4 is 11.1 Å². The zero-order valence-electron chi connectivity index (χ0n) is 18.3. The third-order valence-electron chi connectivity index (χ3n) is 6.90. The van der Waals surface area contributed by atoms with E-state index in [0.29, 0.717) is 5.92 Å². The van der Waals surface area contributed by atoms with Crippen LogP contribution in [0.25, 0.3) is 0 Å². The molecular formula is C27H34N2. The summed E-state index contributed by atoms with van der Waals surface area (Å²) < 4.78 is 0. The minimum atomic E-state index is 0.283. The summed E-state index contributed by atoms with van der Waals surface area (Å²) in [5.74, 6) is 0.300. The smallest absolute Gasteiger partial charge is 0.0520 e. The van der Waals surface area contributed by atoms with E-state index in [0.717, 1.165) is 37.8 Å². The Labute approximate surface area is 176 Å². The molecule has 152 valence electrons. The summed E-state index contributed by atoms with van der Waals surface area (Å²) in [4.78, 5) is 0. The van der Waals surface area contributed by atoms with Crippen LogP contribution in [0.1, 0.15) is 64.4 Å². The fourth-order valence-corrected chi connectivity index (χ4v) is 5.49. The van der Waals surface area contributed by atoms with Crippen molar-refractivity contribution in [1.29, 1.82) is 0 Å². The van der Waals surface area contributed by atoms with Gasteiger partial charge in [-0.05, 0) is 93.4 Å². The first-order chi connectivity index (χ1) is 14.0. The van der Waals surface area contributed by atoms with Crippen molar-refractivity contribution >= 4 is 0 Å². The summed E-state index contributed by atoms with van der Waals surface area (Å²) in [5.41, 5.74) is 19.3. The molecule has 2 heteroatoms. The van der Waals surface area contributed by atoms with E-state index in [4.69, 9.17) is 5.73 Å². The normalized spacial score (nSPS) is 27.4. The van der Waals surface area contributed by atoms with Gasteiger partial charge in [-0.2, -0.15) is 0 Å². The molecule has 0 radical (unpaired) electrons. The largest absolute Gasteiger partial charge is 0.402 e. The fourth-order valence-electron chi connectivity index (χ4n) is 5.49. The van der Waals surface area contributed by atoms with Gasteiger partial charge in [0.1, 0.15) is 0 Å². The van der Waals surface area contributed by atoms with E-state index >= 15 is 0 Å². The van der Waals surface area contributed by atoms with Crippen LogP contribution in [0.4, 0.5) is 0 Å². The first-order valence-electron chi connectivity index (χ1n) is 11.0. The lowest BCUT2D eigenvalue weighted by atomic mass is 9.76. The fraction of sp³-hybridized carbons (Fsp3) is 0.407. The van der Waals surface area contributed by atoms with Crippen molar-refractivity contribution in [3.63, 3.8) is 0 Å². The maximum Gasteiger partial charge on any atom is 0.0520 e. The van der Waals surface area contributed by atoms with Crippen molar-refractivity contribution < 1.29 is 0 Å². The molecule has 2 nitrogen and oxygen atoms in total. The molecule has 1 aromatic carbocycles. The summed E-state index contributed by atoms with van der Waals surface area (Å²) in [5, 5.41) is 3.69. The van der Waals surface area contributed by atoms with Gasteiger partial charge in [0, 0.05) is 11.6 Å². The monoisotopic (exact) mass is 386 g/mol. The summed E-state index contributed by atoms with van der Waals surface area (Å²) in [6.07, 6.45) is 10.1. The molecule has 0 spiro atoms. The lowest BCUT2D eigenvalue weighted by Gasteiger charge is -2.30. The molecule has 0 fully saturated rings. The molecule has 0 bridgehead atoms. The van der Waals surface area contributed by atoms with Gasteiger partial charge in [-0.15, -0.1) is 0 Å². The van der Waals surface area contributed by atoms with E-state index in [1.165, 1.54) is 33.4 Å². The van der Waals surface area contributed by atoms with E-state index in [2.05, 4.69) is 75.6 Å². The molecule has 29 heavy (non-hydrogen) atoms. The number of nitrogens with one attached hydrogen (secondary N) is 1. The zero-order valence-corrected chi connectivity index (χ0v) is 18.3. The van der Waals surface area contributed by atoms with E-state index in [1.54, 1.807) is 11.1 Å². The van der Waals surface area contributed by atoms with Crippen molar-refractivity contribution in [2.45, 2.75) is 64.8 Å². The van der Waals surface area contributed by atoms with Gasteiger partial charge in [-0.1, -0.05) is 53.6 Å². The Morgan fingerprint density at radius 3 is 2.52 bits per heavy atom. The minimum absolute atomic E-state index is 0.283. The topological polar surface area (TPSA) is 38.0 Å². The van der Waals surface area contributed by atoms with Gasteiger partial charge in [-0.25, -0.2) is 0 Å². The maximum atomic E-state index is 6.65. The number of rotatable bonds is 2. The summed E-state index contributed by atoms with van der Waals surface area (Å²) >= 11 is 0. The molecule has 3 N–H and O–H groups in total. The molecule has 0 heterocycles. The van der Waals surface area contributed by atoms with Crippen molar-refractivity contribution in [1.82, 2.24) is 5.32 Å². The average Bonchev–Trinajstić information content (AvgIpc) is 3.07. The Morgan fingerprint density at radius 1 is 1.07 bits per heavy atom.